The second-order valence-corrected chi connectivity index (χ2v) is 7.48. The number of fused-ring (bicyclic) bond motifs is 1. The van der Waals surface area contributed by atoms with E-state index in [2.05, 4.69) is 10.3 Å². The number of carbonyl (C=O) groups excluding carboxylic acids is 1. The van der Waals surface area contributed by atoms with Crippen LogP contribution >= 0.6 is 11.3 Å². The summed E-state index contributed by atoms with van der Waals surface area (Å²) in [4.78, 5) is 17.3. The fourth-order valence-corrected chi connectivity index (χ4v) is 3.93. The number of benzene rings is 2. The van der Waals surface area contributed by atoms with Gasteiger partial charge >= 0.3 is 0 Å². The molecule has 1 N–H and O–H groups in total. The summed E-state index contributed by atoms with van der Waals surface area (Å²) in [6, 6.07) is 11.1. The minimum absolute atomic E-state index is 0.158. The molecule has 7 nitrogen and oxygen atoms in total. The third kappa shape index (κ3) is 4.34. The SMILES string of the molecule is CCOc1cccc2c1OCC(C(=O)Nc1nc(-c3cc(OC)ccc3OC)cs1)=C2. The number of nitrogens with one attached hydrogen (secondary N) is 1. The molecule has 0 unspecified atom stereocenters. The average molecular weight is 439 g/mol. The maximum Gasteiger partial charge on any atom is 0.256 e. The molecule has 4 rings (SSSR count). The predicted octanol–water partition coefficient (Wildman–Crippen LogP) is 4.64. The summed E-state index contributed by atoms with van der Waals surface area (Å²) in [5.41, 5.74) is 2.80. The van der Waals surface area contributed by atoms with E-state index in [0.29, 0.717) is 46.0 Å². The van der Waals surface area contributed by atoms with Crippen LogP contribution in [0.5, 0.6) is 23.0 Å². The molecule has 0 atom stereocenters. The summed E-state index contributed by atoms with van der Waals surface area (Å²) in [5, 5.41) is 5.20. The quantitative estimate of drug-likeness (QED) is 0.579. The number of thiazole rings is 1. The van der Waals surface area contributed by atoms with Crippen molar-refractivity contribution >= 4 is 28.5 Å². The van der Waals surface area contributed by atoms with E-state index < -0.39 is 0 Å². The van der Waals surface area contributed by atoms with Gasteiger partial charge in [-0.3, -0.25) is 10.1 Å². The van der Waals surface area contributed by atoms with E-state index in [4.69, 9.17) is 18.9 Å². The molecule has 1 aliphatic heterocycles. The molecular weight excluding hydrogens is 416 g/mol. The summed E-state index contributed by atoms with van der Waals surface area (Å²) in [6.07, 6.45) is 1.82. The van der Waals surface area contributed by atoms with Crippen LogP contribution in [-0.4, -0.2) is 38.3 Å². The first-order valence-electron chi connectivity index (χ1n) is 9.71. The minimum Gasteiger partial charge on any atom is -0.497 e. The lowest BCUT2D eigenvalue weighted by molar-refractivity contribution is -0.113. The van der Waals surface area contributed by atoms with Crippen molar-refractivity contribution in [2.24, 2.45) is 0 Å². The van der Waals surface area contributed by atoms with E-state index in [1.54, 1.807) is 14.2 Å². The number of anilines is 1. The molecule has 0 saturated carbocycles. The zero-order valence-corrected chi connectivity index (χ0v) is 18.2. The number of nitrogens with zero attached hydrogens (tertiary/aromatic N) is 1. The van der Waals surface area contributed by atoms with Crippen molar-refractivity contribution in [3.05, 3.63) is 52.9 Å². The predicted molar refractivity (Wildman–Crippen MR) is 120 cm³/mol. The highest BCUT2D eigenvalue weighted by Gasteiger charge is 2.21. The average Bonchev–Trinajstić information content (AvgIpc) is 3.27. The maximum atomic E-state index is 12.8. The smallest absolute Gasteiger partial charge is 0.256 e. The van der Waals surface area contributed by atoms with Crippen molar-refractivity contribution in [1.29, 1.82) is 0 Å². The van der Waals surface area contributed by atoms with Crippen LogP contribution in [0.2, 0.25) is 0 Å². The number of ether oxygens (including phenoxy) is 4. The number of rotatable bonds is 7. The molecule has 1 aromatic heterocycles. The molecule has 0 aliphatic carbocycles. The van der Waals surface area contributed by atoms with Gasteiger partial charge in [-0.25, -0.2) is 4.98 Å². The number of hydrogen-bond acceptors (Lipinski definition) is 7. The van der Waals surface area contributed by atoms with E-state index in [1.165, 1.54) is 11.3 Å². The van der Waals surface area contributed by atoms with Gasteiger partial charge in [0.15, 0.2) is 16.6 Å². The Morgan fingerprint density at radius 3 is 2.84 bits per heavy atom. The summed E-state index contributed by atoms with van der Waals surface area (Å²) < 4.78 is 22.1. The van der Waals surface area contributed by atoms with E-state index in [9.17, 15) is 4.79 Å². The Morgan fingerprint density at radius 2 is 2.06 bits per heavy atom. The number of para-hydroxylation sites is 1. The Hall–Kier alpha value is -3.52. The van der Waals surface area contributed by atoms with Crippen LogP contribution in [0.15, 0.2) is 47.4 Å². The van der Waals surface area contributed by atoms with Crippen molar-refractivity contribution in [3.63, 3.8) is 0 Å². The summed E-state index contributed by atoms with van der Waals surface area (Å²) in [7, 11) is 3.21. The van der Waals surface area contributed by atoms with Crippen LogP contribution < -0.4 is 24.3 Å². The molecule has 0 saturated heterocycles. The molecule has 1 amide bonds. The van der Waals surface area contributed by atoms with Gasteiger partial charge in [0.2, 0.25) is 0 Å². The number of hydrogen-bond donors (Lipinski definition) is 1. The van der Waals surface area contributed by atoms with Crippen molar-refractivity contribution < 1.29 is 23.7 Å². The molecule has 0 spiro atoms. The largest absolute Gasteiger partial charge is 0.497 e. The Balaban J connectivity index is 1.53. The Bertz CT molecular complexity index is 1140. The number of amides is 1. The van der Waals surface area contributed by atoms with Crippen molar-refractivity contribution in [3.8, 4) is 34.3 Å². The van der Waals surface area contributed by atoms with E-state index >= 15 is 0 Å². The second kappa shape index (κ2) is 9.09. The molecule has 0 bridgehead atoms. The topological polar surface area (TPSA) is 78.9 Å². The zero-order chi connectivity index (χ0) is 21.8. The van der Waals surface area contributed by atoms with Gasteiger partial charge in [0.25, 0.3) is 5.91 Å². The summed E-state index contributed by atoms with van der Waals surface area (Å²) in [5.74, 6) is 2.44. The first-order valence-corrected chi connectivity index (χ1v) is 10.6. The molecule has 0 fully saturated rings. The first-order chi connectivity index (χ1) is 15.1. The number of aromatic nitrogens is 1. The lowest BCUT2D eigenvalue weighted by atomic mass is 10.1. The lowest BCUT2D eigenvalue weighted by Crippen LogP contribution is -2.21. The van der Waals surface area contributed by atoms with Gasteiger partial charge in [0, 0.05) is 16.5 Å². The maximum absolute atomic E-state index is 12.8. The van der Waals surface area contributed by atoms with Gasteiger partial charge in [-0.05, 0) is 37.3 Å². The monoisotopic (exact) mass is 438 g/mol. The molecule has 0 radical (unpaired) electrons. The van der Waals surface area contributed by atoms with Crippen LogP contribution in [0.3, 0.4) is 0 Å². The molecular formula is C23H22N2O5S. The minimum atomic E-state index is -0.258. The molecule has 1 aliphatic rings. The van der Waals surface area contributed by atoms with Crippen LogP contribution in [-0.2, 0) is 4.79 Å². The van der Waals surface area contributed by atoms with E-state index in [0.717, 1.165) is 11.1 Å². The van der Waals surface area contributed by atoms with E-state index in [-0.39, 0.29) is 12.5 Å². The normalized spacial score (nSPS) is 12.3. The standard InChI is InChI=1S/C23H22N2O5S/c1-4-29-20-7-5-6-14-10-15(12-30-21(14)20)22(26)25-23-24-18(13-31-23)17-11-16(27-2)8-9-19(17)28-3/h5-11,13H,4,12H2,1-3H3,(H,24,25,26). The highest BCUT2D eigenvalue weighted by Crippen LogP contribution is 2.37. The highest BCUT2D eigenvalue weighted by molar-refractivity contribution is 7.14. The highest BCUT2D eigenvalue weighted by atomic mass is 32.1. The first kappa shape index (κ1) is 20.7. The molecule has 31 heavy (non-hydrogen) atoms. The van der Waals surface area contributed by atoms with Gasteiger partial charge < -0.3 is 18.9 Å². The number of methoxy groups -OCH3 is 2. The molecule has 2 heterocycles. The van der Waals surface area contributed by atoms with Crippen LogP contribution in [0, 0.1) is 0 Å². The molecule has 2 aromatic carbocycles. The van der Waals surface area contributed by atoms with Gasteiger partial charge in [-0.1, -0.05) is 12.1 Å². The van der Waals surface area contributed by atoms with Gasteiger partial charge in [-0.15, -0.1) is 11.3 Å². The zero-order valence-electron chi connectivity index (χ0n) is 17.4. The molecule has 3 aromatic rings. The third-order valence-electron chi connectivity index (χ3n) is 4.71. The Kier molecular flexibility index (Phi) is 6.08. The van der Waals surface area contributed by atoms with Crippen LogP contribution in [0.1, 0.15) is 12.5 Å². The fourth-order valence-electron chi connectivity index (χ4n) is 3.23. The fraction of sp³-hybridized carbons (Fsp3) is 0.217. The molecule has 160 valence electrons. The van der Waals surface area contributed by atoms with E-state index in [1.807, 2.05) is 54.8 Å². The third-order valence-corrected chi connectivity index (χ3v) is 5.47. The van der Waals surface area contributed by atoms with Gasteiger partial charge in [0.1, 0.15) is 18.1 Å². The van der Waals surface area contributed by atoms with Crippen molar-refractivity contribution in [1.82, 2.24) is 4.98 Å². The lowest BCUT2D eigenvalue weighted by Gasteiger charge is -2.19. The molecule has 8 heteroatoms. The van der Waals surface area contributed by atoms with Gasteiger partial charge in [-0.2, -0.15) is 0 Å². The second-order valence-electron chi connectivity index (χ2n) is 6.62. The Labute approximate surface area is 184 Å². The van der Waals surface area contributed by atoms with Crippen LogP contribution in [0.4, 0.5) is 5.13 Å². The van der Waals surface area contributed by atoms with Gasteiger partial charge in [0.05, 0.1) is 32.1 Å². The summed E-state index contributed by atoms with van der Waals surface area (Å²) in [6.45, 7) is 2.62. The Morgan fingerprint density at radius 1 is 1.19 bits per heavy atom. The van der Waals surface area contributed by atoms with Crippen molar-refractivity contribution in [2.75, 3.05) is 32.8 Å². The number of carbonyl (C=O) groups is 1. The summed E-state index contributed by atoms with van der Waals surface area (Å²) >= 11 is 1.34. The van der Waals surface area contributed by atoms with Crippen molar-refractivity contribution in [2.45, 2.75) is 6.92 Å². The van der Waals surface area contributed by atoms with Crippen LogP contribution in [0.25, 0.3) is 17.3 Å².